The van der Waals surface area contributed by atoms with Crippen LogP contribution in [0.3, 0.4) is 0 Å². The molecule has 0 radical (unpaired) electrons. The lowest BCUT2D eigenvalue weighted by molar-refractivity contribution is -0.128. The standard InChI is InChI=1S/C24H27N3O2S/c1-17-10-12-21(13-11-17)30-26-15-14-23(28)27-18(2)24(29)25-16-20-8-5-7-19-6-3-4-9-22(19)20/h3-13,18,26H,14-16H2,1-2H3,(H,25,29)(H,27,28). The Morgan fingerprint density at radius 3 is 2.50 bits per heavy atom. The second-order valence-electron chi connectivity index (χ2n) is 7.20. The van der Waals surface area contributed by atoms with Crippen LogP contribution in [0, 0.1) is 6.92 Å². The topological polar surface area (TPSA) is 70.2 Å². The number of hydrogen-bond acceptors (Lipinski definition) is 4. The first kappa shape index (κ1) is 21.9. The van der Waals surface area contributed by atoms with Crippen LogP contribution in [0.5, 0.6) is 0 Å². The largest absolute Gasteiger partial charge is 0.350 e. The van der Waals surface area contributed by atoms with E-state index in [2.05, 4.69) is 39.6 Å². The van der Waals surface area contributed by atoms with Gasteiger partial charge in [0.1, 0.15) is 6.04 Å². The van der Waals surface area contributed by atoms with Gasteiger partial charge in [0.05, 0.1) is 0 Å². The molecule has 6 heteroatoms. The van der Waals surface area contributed by atoms with E-state index in [4.69, 9.17) is 0 Å². The summed E-state index contributed by atoms with van der Waals surface area (Å²) in [6.45, 7) is 4.69. The maximum Gasteiger partial charge on any atom is 0.242 e. The molecule has 5 nitrogen and oxygen atoms in total. The average Bonchev–Trinajstić information content (AvgIpc) is 2.76. The summed E-state index contributed by atoms with van der Waals surface area (Å²) in [5.74, 6) is -0.349. The predicted molar refractivity (Wildman–Crippen MR) is 123 cm³/mol. The minimum absolute atomic E-state index is 0.153. The molecule has 0 spiro atoms. The molecule has 3 aromatic carbocycles. The van der Waals surface area contributed by atoms with Gasteiger partial charge in [-0.25, -0.2) is 0 Å². The van der Waals surface area contributed by atoms with Crippen molar-refractivity contribution in [3.8, 4) is 0 Å². The fourth-order valence-electron chi connectivity index (χ4n) is 3.07. The zero-order valence-corrected chi connectivity index (χ0v) is 18.1. The summed E-state index contributed by atoms with van der Waals surface area (Å²) in [5.41, 5.74) is 2.27. The normalized spacial score (nSPS) is 11.8. The molecule has 3 aromatic rings. The van der Waals surface area contributed by atoms with Gasteiger partial charge in [0.25, 0.3) is 0 Å². The number of fused-ring (bicyclic) bond motifs is 1. The van der Waals surface area contributed by atoms with Crippen LogP contribution in [0.25, 0.3) is 10.8 Å². The van der Waals surface area contributed by atoms with Crippen LogP contribution in [-0.4, -0.2) is 24.4 Å². The molecule has 0 heterocycles. The summed E-state index contributed by atoms with van der Waals surface area (Å²) in [4.78, 5) is 25.6. The molecule has 3 N–H and O–H groups in total. The lowest BCUT2D eigenvalue weighted by Crippen LogP contribution is -2.45. The number of carbonyl (C=O) groups excluding carboxylic acids is 2. The Bertz CT molecular complexity index is 1000. The second-order valence-corrected chi connectivity index (χ2v) is 8.17. The molecule has 0 fully saturated rings. The third-order valence-electron chi connectivity index (χ3n) is 4.77. The molecule has 3 rings (SSSR count). The van der Waals surface area contributed by atoms with E-state index in [1.54, 1.807) is 6.92 Å². The van der Waals surface area contributed by atoms with Gasteiger partial charge >= 0.3 is 0 Å². The number of amides is 2. The molecule has 0 saturated heterocycles. The van der Waals surface area contributed by atoms with Crippen LogP contribution in [0.2, 0.25) is 0 Å². The Morgan fingerprint density at radius 1 is 0.967 bits per heavy atom. The predicted octanol–water partition coefficient (Wildman–Crippen LogP) is 3.96. The number of hydrogen-bond donors (Lipinski definition) is 3. The van der Waals surface area contributed by atoms with Crippen LogP contribution in [0.15, 0.2) is 71.6 Å². The van der Waals surface area contributed by atoms with Crippen molar-refractivity contribution in [3.05, 3.63) is 77.9 Å². The minimum atomic E-state index is -0.586. The van der Waals surface area contributed by atoms with Crippen LogP contribution in [0.1, 0.15) is 24.5 Å². The van der Waals surface area contributed by atoms with E-state index in [1.807, 2.05) is 49.4 Å². The first-order chi connectivity index (χ1) is 14.5. The number of carbonyl (C=O) groups is 2. The number of benzene rings is 3. The zero-order valence-electron chi connectivity index (χ0n) is 17.3. The molecule has 0 aliphatic heterocycles. The van der Waals surface area contributed by atoms with Crippen molar-refractivity contribution in [1.82, 2.24) is 15.4 Å². The van der Waals surface area contributed by atoms with Gasteiger partial charge in [0.2, 0.25) is 11.8 Å². The molecule has 0 bridgehead atoms. The second kappa shape index (κ2) is 10.8. The maximum absolute atomic E-state index is 12.4. The Hall–Kier alpha value is -2.83. The van der Waals surface area contributed by atoms with Crippen molar-refractivity contribution in [3.63, 3.8) is 0 Å². The molecular formula is C24H27N3O2S. The highest BCUT2D eigenvalue weighted by molar-refractivity contribution is 7.97. The van der Waals surface area contributed by atoms with Gasteiger partial charge in [-0.1, -0.05) is 60.2 Å². The van der Waals surface area contributed by atoms with E-state index < -0.39 is 6.04 Å². The average molecular weight is 422 g/mol. The Balaban J connectivity index is 1.39. The first-order valence-electron chi connectivity index (χ1n) is 10.0. The molecule has 2 amide bonds. The third kappa shape index (κ3) is 6.34. The van der Waals surface area contributed by atoms with Crippen molar-refractivity contribution >= 4 is 34.5 Å². The highest BCUT2D eigenvalue weighted by Crippen LogP contribution is 2.18. The van der Waals surface area contributed by atoms with E-state index in [9.17, 15) is 9.59 Å². The molecule has 1 atom stereocenters. The van der Waals surface area contributed by atoms with Crippen molar-refractivity contribution in [1.29, 1.82) is 0 Å². The summed E-state index contributed by atoms with van der Waals surface area (Å²) < 4.78 is 3.17. The lowest BCUT2D eigenvalue weighted by atomic mass is 10.0. The van der Waals surface area contributed by atoms with Gasteiger partial charge in [0.15, 0.2) is 0 Å². The fraction of sp³-hybridized carbons (Fsp3) is 0.250. The minimum Gasteiger partial charge on any atom is -0.350 e. The SMILES string of the molecule is Cc1ccc(SNCCC(=O)NC(C)C(=O)NCc2cccc3ccccc23)cc1. The van der Waals surface area contributed by atoms with Gasteiger partial charge < -0.3 is 10.6 Å². The van der Waals surface area contributed by atoms with Crippen LogP contribution >= 0.6 is 11.9 Å². The van der Waals surface area contributed by atoms with Crippen molar-refractivity contribution in [2.75, 3.05) is 6.54 Å². The quantitative estimate of drug-likeness (QED) is 0.361. The monoisotopic (exact) mass is 421 g/mol. The Kier molecular flexibility index (Phi) is 7.88. The molecule has 156 valence electrons. The first-order valence-corrected chi connectivity index (χ1v) is 10.8. The molecule has 0 aliphatic carbocycles. The summed E-state index contributed by atoms with van der Waals surface area (Å²) >= 11 is 1.49. The number of rotatable bonds is 9. The highest BCUT2D eigenvalue weighted by Gasteiger charge is 2.15. The van der Waals surface area contributed by atoms with Crippen molar-refractivity contribution in [2.45, 2.75) is 37.8 Å². The fourth-order valence-corrected chi connectivity index (χ4v) is 3.71. The third-order valence-corrected chi connectivity index (χ3v) is 5.63. The molecule has 1 unspecified atom stereocenters. The molecule has 0 saturated carbocycles. The van der Waals surface area contributed by atoms with Gasteiger partial charge in [-0.2, -0.15) is 0 Å². The summed E-state index contributed by atoms with van der Waals surface area (Å²) in [6.07, 6.45) is 0.305. The molecular weight excluding hydrogens is 394 g/mol. The highest BCUT2D eigenvalue weighted by atomic mass is 32.2. The van der Waals surface area contributed by atoms with Crippen LogP contribution in [0.4, 0.5) is 0 Å². The van der Waals surface area contributed by atoms with Crippen molar-refractivity contribution in [2.24, 2.45) is 0 Å². The van der Waals surface area contributed by atoms with Gasteiger partial charge in [-0.15, -0.1) is 0 Å². The molecule has 0 aliphatic rings. The lowest BCUT2D eigenvalue weighted by Gasteiger charge is -2.15. The maximum atomic E-state index is 12.4. The van der Waals surface area contributed by atoms with E-state index >= 15 is 0 Å². The van der Waals surface area contributed by atoms with Crippen LogP contribution < -0.4 is 15.4 Å². The van der Waals surface area contributed by atoms with Gasteiger partial charge in [0, 0.05) is 24.4 Å². The van der Waals surface area contributed by atoms with E-state index in [-0.39, 0.29) is 11.8 Å². The zero-order chi connectivity index (χ0) is 21.3. The summed E-state index contributed by atoms with van der Waals surface area (Å²) in [6, 6.07) is 21.7. The molecule has 0 aromatic heterocycles. The van der Waals surface area contributed by atoms with Crippen LogP contribution in [-0.2, 0) is 16.1 Å². The smallest absolute Gasteiger partial charge is 0.242 e. The van der Waals surface area contributed by atoms with Crippen molar-refractivity contribution < 1.29 is 9.59 Å². The Morgan fingerprint density at radius 2 is 1.70 bits per heavy atom. The molecule has 30 heavy (non-hydrogen) atoms. The van der Waals surface area contributed by atoms with E-state index in [1.165, 1.54) is 17.5 Å². The Labute approximate surface area is 181 Å². The summed E-state index contributed by atoms with van der Waals surface area (Å²) in [7, 11) is 0. The van der Waals surface area contributed by atoms with E-state index in [0.29, 0.717) is 19.5 Å². The number of nitrogens with one attached hydrogen (secondary N) is 3. The van der Waals surface area contributed by atoms with Gasteiger partial charge in [-0.3, -0.25) is 14.3 Å². The summed E-state index contributed by atoms with van der Waals surface area (Å²) in [5, 5.41) is 7.94. The number of aryl methyl sites for hydroxylation is 1. The van der Waals surface area contributed by atoms with Gasteiger partial charge in [-0.05, 0) is 54.3 Å². The van der Waals surface area contributed by atoms with E-state index in [0.717, 1.165) is 21.2 Å².